The molecule has 0 aromatic heterocycles. The van der Waals surface area contributed by atoms with Gasteiger partial charge < -0.3 is 4.90 Å². The standard InChI is InChI=1S/C17H18BrNO/c1-3-19(16-9-4-6-13(2)10-16)12-17(20)14-7-5-8-15(18)11-14/h4-11H,3,12H2,1-2H3. The molecule has 20 heavy (non-hydrogen) atoms. The van der Waals surface area contributed by atoms with E-state index in [9.17, 15) is 4.79 Å². The number of hydrogen-bond donors (Lipinski definition) is 0. The van der Waals surface area contributed by atoms with E-state index in [1.54, 1.807) is 0 Å². The Balaban J connectivity index is 2.16. The van der Waals surface area contributed by atoms with Crippen LogP contribution in [0, 0.1) is 6.92 Å². The van der Waals surface area contributed by atoms with Gasteiger partial charge in [0.15, 0.2) is 5.78 Å². The van der Waals surface area contributed by atoms with E-state index >= 15 is 0 Å². The van der Waals surface area contributed by atoms with Crippen LogP contribution in [0.1, 0.15) is 22.8 Å². The number of Topliss-reactive ketones (excluding diaryl/α,β-unsaturated/α-hetero) is 1. The lowest BCUT2D eigenvalue weighted by atomic mass is 10.1. The summed E-state index contributed by atoms with van der Waals surface area (Å²) in [5, 5.41) is 0. The molecule has 2 aromatic rings. The van der Waals surface area contributed by atoms with E-state index < -0.39 is 0 Å². The summed E-state index contributed by atoms with van der Waals surface area (Å²) >= 11 is 3.40. The number of aryl methyl sites for hydroxylation is 1. The third kappa shape index (κ3) is 3.70. The van der Waals surface area contributed by atoms with Crippen molar-refractivity contribution in [3.05, 3.63) is 64.1 Å². The summed E-state index contributed by atoms with van der Waals surface area (Å²) in [4.78, 5) is 14.5. The predicted octanol–water partition coefficient (Wildman–Crippen LogP) is 4.47. The quantitative estimate of drug-likeness (QED) is 0.753. The normalized spacial score (nSPS) is 10.3. The van der Waals surface area contributed by atoms with Gasteiger partial charge in [-0.3, -0.25) is 4.79 Å². The Morgan fingerprint density at radius 3 is 2.55 bits per heavy atom. The summed E-state index contributed by atoms with van der Waals surface area (Å²) in [6.07, 6.45) is 0. The van der Waals surface area contributed by atoms with E-state index in [-0.39, 0.29) is 5.78 Å². The van der Waals surface area contributed by atoms with Crippen molar-refractivity contribution in [2.75, 3.05) is 18.0 Å². The van der Waals surface area contributed by atoms with E-state index in [1.807, 2.05) is 36.4 Å². The predicted molar refractivity (Wildman–Crippen MR) is 87.5 cm³/mol. The molecule has 0 heterocycles. The molecule has 104 valence electrons. The summed E-state index contributed by atoms with van der Waals surface area (Å²) in [6.45, 7) is 5.34. The van der Waals surface area contributed by atoms with Crippen LogP contribution in [0.2, 0.25) is 0 Å². The SMILES string of the molecule is CCN(CC(=O)c1cccc(Br)c1)c1cccc(C)c1. The molecule has 2 nitrogen and oxygen atoms in total. The summed E-state index contributed by atoms with van der Waals surface area (Å²) in [6, 6.07) is 15.8. The maximum absolute atomic E-state index is 12.4. The average Bonchev–Trinajstić information content (AvgIpc) is 2.44. The highest BCUT2D eigenvalue weighted by Gasteiger charge is 2.12. The smallest absolute Gasteiger partial charge is 0.182 e. The second-order valence-corrected chi connectivity index (χ2v) is 5.70. The Morgan fingerprint density at radius 2 is 1.90 bits per heavy atom. The van der Waals surface area contributed by atoms with Gasteiger partial charge in [-0.1, -0.05) is 40.2 Å². The van der Waals surface area contributed by atoms with E-state index in [0.29, 0.717) is 6.54 Å². The van der Waals surface area contributed by atoms with E-state index in [0.717, 1.165) is 22.3 Å². The van der Waals surface area contributed by atoms with Gasteiger partial charge >= 0.3 is 0 Å². The zero-order chi connectivity index (χ0) is 14.5. The summed E-state index contributed by atoms with van der Waals surface area (Å²) in [5.74, 6) is 0.134. The summed E-state index contributed by atoms with van der Waals surface area (Å²) < 4.78 is 0.932. The number of halogens is 1. The first-order valence-electron chi connectivity index (χ1n) is 6.70. The lowest BCUT2D eigenvalue weighted by molar-refractivity contribution is 0.0999. The molecule has 0 saturated heterocycles. The number of anilines is 1. The van der Waals surface area contributed by atoms with Crippen molar-refractivity contribution in [2.24, 2.45) is 0 Å². The van der Waals surface area contributed by atoms with Crippen LogP contribution in [-0.4, -0.2) is 18.9 Å². The number of benzene rings is 2. The van der Waals surface area contributed by atoms with Gasteiger partial charge in [0.2, 0.25) is 0 Å². The molecule has 0 unspecified atom stereocenters. The van der Waals surface area contributed by atoms with Crippen molar-refractivity contribution in [2.45, 2.75) is 13.8 Å². The van der Waals surface area contributed by atoms with Crippen LogP contribution >= 0.6 is 15.9 Å². The molecule has 2 aromatic carbocycles. The van der Waals surface area contributed by atoms with Crippen LogP contribution in [0.3, 0.4) is 0 Å². The molecule has 3 heteroatoms. The van der Waals surface area contributed by atoms with Gasteiger partial charge in [-0.05, 0) is 43.7 Å². The lowest BCUT2D eigenvalue weighted by Gasteiger charge is -2.22. The molecule has 0 spiro atoms. The van der Waals surface area contributed by atoms with Crippen LogP contribution in [0.4, 0.5) is 5.69 Å². The van der Waals surface area contributed by atoms with E-state index in [2.05, 4.69) is 46.8 Å². The third-order valence-corrected chi connectivity index (χ3v) is 3.72. The lowest BCUT2D eigenvalue weighted by Crippen LogP contribution is -2.29. The first-order valence-corrected chi connectivity index (χ1v) is 7.50. The van der Waals surface area contributed by atoms with Gasteiger partial charge in [0, 0.05) is 22.3 Å². The van der Waals surface area contributed by atoms with Gasteiger partial charge in [0.25, 0.3) is 0 Å². The number of likely N-dealkylation sites (N-methyl/N-ethyl adjacent to an activating group) is 1. The van der Waals surface area contributed by atoms with Gasteiger partial charge in [0.1, 0.15) is 0 Å². The van der Waals surface area contributed by atoms with Crippen LogP contribution in [0.5, 0.6) is 0 Å². The fraction of sp³-hybridized carbons (Fsp3) is 0.235. The number of carbonyl (C=O) groups is 1. The Hall–Kier alpha value is -1.61. The first-order chi connectivity index (χ1) is 9.60. The number of nitrogens with zero attached hydrogens (tertiary/aromatic N) is 1. The number of rotatable bonds is 5. The van der Waals surface area contributed by atoms with Crippen molar-refractivity contribution in [3.8, 4) is 0 Å². The minimum atomic E-state index is 0.134. The first kappa shape index (κ1) is 14.8. The molecule has 0 bridgehead atoms. The maximum atomic E-state index is 12.4. The second-order valence-electron chi connectivity index (χ2n) is 4.79. The molecule has 2 rings (SSSR count). The molecule has 0 N–H and O–H groups in total. The molecule has 0 aliphatic carbocycles. The summed E-state index contributed by atoms with van der Waals surface area (Å²) in [5.41, 5.74) is 3.04. The van der Waals surface area contributed by atoms with E-state index in [4.69, 9.17) is 0 Å². The monoisotopic (exact) mass is 331 g/mol. The van der Waals surface area contributed by atoms with Crippen LogP contribution in [0.25, 0.3) is 0 Å². The fourth-order valence-electron chi connectivity index (χ4n) is 2.14. The third-order valence-electron chi connectivity index (χ3n) is 3.23. The molecule has 0 aliphatic heterocycles. The Bertz CT molecular complexity index is 609. The molecule has 0 fully saturated rings. The van der Waals surface area contributed by atoms with Gasteiger partial charge in [-0.25, -0.2) is 0 Å². The highest BCUT2D eigenvalue weighted by atomic mass is 79.9. The minimum Gasteiger partial charge on any atom is -0.364 e. The van der Waals surface area contributed by atoms with Crippen LogP contribution in [-0.2, 0) is 0 Å². The molecule has 0 saturated carbocycles. The zero-order valence-corrected chi connectivity index (χ0v) is 13.4. The van der Waals surface area contributed by atoms with Gasteiger partial charge in [-0.2, -0.15) is 0 Å². The maximum Gasteiger partial charge on any atom is 0.182 e. The molecular weight excluding hydrogens is 314 g/mol. The van der Waals surface area contributed by atoms with Crippen LogP contribution < -0.4 is 4.90 Å². The van der Waals surface area contributed by atoms with Crippen molar-refractivity contribution in [3.63, 3.8) is 0 Å². The number of carbonyl (C=O) groups excluding carboxylic acids is 1. The molecular formula is C17H18BrNO. The molecule has 0 amide bonds. The number of hydrogen-bond acceptors (Lipinski definition) is 2. The molecule has 0 atom stereocenters. The van der Waals surface area contributed by atoms with Crippen molar-refractivity contribution < 1.29 is 4.79 Å². The minimum absolute atomic E-state index is 0.134. The van der Waals surface area contributed by atoms with Crippen molar-refractivity contribution in [1.29, 1.82) is 0 Å². The molecule has 0 radical (unpaired) electrons. The van der Waals surface area contributed by atoms with Crippen molar-refractivity contribution in [1.82, 2.24) is 0 Å². The van der Waals surface area contributed by atoms with Gasteiger partial charge in [-0.15, -0.1) is 0 Å². The highest BCUT2D eigenvalue weighted by molar-refractivity contribution is 9.10. The topological polar surface area (TPSA) is 20.3 Å². The second kappa shape index (κ2) is 6.71. The largest absolute Gasteiger partial charge is 0.364 e. The highest BCUT2D eigenvalue weighted by Crippen LogP contribution is 2.17. The van der Waals surface area contributed by atoms with Crippen LogP contribution in [0.15, 0.2) is 53.0 Å². The van der Waals surface area contributed by atoms with Gasteiger partial charge in [0.05, 0.1) is 6.54 Å². The molecule has 0 aliphatic rings. The van der Waals surface area contributed by atoms with E-state index in [1.165, 1.54) is 5.56 Å². The zero-order valence-electron chi connectivity index (χ0n) is 11.8. The number of ketones is 1. The Morgan fingerprint density at radius 1 is 1.15 bits per heavy atom. The average molecular weight is 332 g/mol. The Kier molecular flexibility index (Phi) is 4.96. The van der Waals surface area contributed by atoms with Crippen molar-refractivity contribution >= 4 is 27.4 Å². The summed E-state index contributed by atoms with van der Waals surface area (Å²) in [7, 11) is 0. The Labute approximate surface area is 128 Å². The fourth-order valence-corrected chi connectivity index (χ4v) is 2.54.